The Morgan fingerprint density at radius 1 is 1.32 bits per heavy atom. The summed E-state index contributed by atoms with van der Waals surface area (Å²) < 4.78 is 5.17. The number of aliphatic hydroxyl groups excluding tert-OH is 1. The largest absolute Gasteiger partial charge is 0.395 e. The van der Waals surface area contributed by atoms with Crippen molar-refractivity contribution >= 4 is 0 Å². The van der Waals surface area contributed by atoms with E-state index in [2.05, 4.69) is 15.5 Å². The van der Waals surface area contributed by atoms with Gasteiger partial charge in [-0.15, -0.1) is 0 Å². The van der Waals surface area contributed by atoms with E-state index in [1.165, 1.54) is 0 Å². The third-order valence-electron chi connectivity index (χ3n) is 2.97. The van der Waals surface area contributed by atoms with E-state index in [9.17, 15) is 0 Å². The first kappa shape index (κ1) is 13.7. The van der Waals surface area contributed by atoms with Crippen LogP contribution in [0.1, 0.15) is 30.6 Å². The highest BCUT2D eigenvalue weighted by atomic mass is 16.5. The second-order valence-electron chi connectivity index (χ2n) is 4.44. The number of nitrogens with one attached hydrogen (secondary N) is 1. The predicted octanol–water partition coefficient (Wildman–Crippen LogP) is 1.52. The van der Waals surface area contributed by atoms with Crippen LogP contribution in [-0.2, 0) is 13.0 Å². The van der Waals surface area contributed by atoms with Crippen LogP contribution in [-0.4, -0.2) is 27.9 Å². The molecule has 2 N–H and O–H groups in total. The molecule has 2 rings (SSSR count). The van der Waals surface area contributed by atoms with E-state index < -0.39 is 0 Å². The van der Waals surface area contributed by atoms with Gasteiger partial charge in [-0.1, -0.05) is 42.4 Å². The SMILES string of the molecule is CCC(CO)NCc1nc(Cc2ccccc2)no1. The van der Waals surface area contributed by atoms with Crippen molar-refractivity contribution in [1.82, 2.24) is 15.5 Å². The van der Waals surface area contributed by atoms with Gasteiger partial charge in [-0.25, -0.2) is 0 Å². The zero-order chi connectivity index (χ0) is 13.5. The van der Waals surface area contributed by atoms with Crippen LogP contribution in [0, 0.1) is 0 Å². The Morgan fingerprint density at radius 2 is 2.11 bits per heavy atom. The van der Waals surface area contributed by atoms with Gasteiger partial charge in [0.05, 0.1) is 13.2 Å². The molecule has 19 heavy (non-hydrogen) atoms. The number of aromatic nitrogens is 2. The number of hydrogen-bond donors (Lipinski definition) is 2. The first-order valence-electron chi connectivity index (χ1n) is 6.51. The van der Waals surface area contributed by atoms with Gasteiger partial charge >= 0.3 is 0 Å². The molecule has 1 aromatic heterocycles. The summed E-state index contributed by atoms with van der Waals surface area (Å²) in [5, 5.41) is 16.2. The Hall–Kier alpha value is -1.72. The molecule has 0 saturated heterocycles. The molecule has 5 heteroatoms. The summed E-state index contributed by atoms with van der Waals surface area (Å²) in [6, 6.07) is 10.1. The molecular formula is C14H19N3O2. The molecule has 1 heterocycles. The second kappa shape index (κ2) is 7.01. The third-order valence-corrected chi connectivity index (χ3v) is 2.97. The average molecular weight is 261 g/mol. The van der Waals surface area contributed by atoms with Crippen LogP contribution >= 0.6 is 0 Å². The maximum atomic E-state index is 9.07. The predicted molar refractivity (Wildman–Crippen MR) is 71.6 cm³/mol. The molecular weight excluding hydrogens is 242 g/mol. The summed E-state index contributed by atoms with van der Waals surface area (Å²) in [5.41, 5.74) is 1.16. The average Bonchev–Trinajstić information content (AvgIpc) is 2.89. The first-order chi connectivity index (χ1) is 9.31. The van der Waals surface area contributed by atoms with E-state index in [0.717, 1.165) is 12.0 Å². The summed E-state index contributed by atoms with van der Waals surface area (Å²) in [5.74, 6) is 1.23. The van der Waals surface area contributed by atoms with E-state index in [0.29, 0.717) is 24.7 Å². The fraction of sp³-hybridized carbons (Fsp3) is 0.429. The summed E-state index contributed by atoms with van der Waals surface area (Å²) >= 11 is 0. The van der Waals surface area contributed by atoms with E-state index in [-0.39, 0.29) is 12.6 Å². The van der Waals surface area contributed by atoms with Gasteiger partial charge in [0.25, 0.3) is 0 Å². The molecule has 2 aromatic rings. The minimum atomic E-state index is 0.0736. The van der Waals surface area contributed by atoms with Crippen molar-refractivity contribution in [3.8, 4) is 0 Å². The van der Waals surface area contributed by atoms with Gasteiger partial charge in [0.2, 0.25) is 5.89 Å². The van der Waals surface area contributed by atoms with Gasteiger partial charge in [0, 0.05) is 12.5 Å². The van der Waals surface area contributed by atoms with E-state index in [1.807, 2.05) is 37.3 Å². The normalized spacial score (nSPS) is 12.5. The van der Waals surface area contributed by atoms with E-state index in [1.54, 1.807) is 0 Å². The van der Waals surface area contributed by atoms with Crippen molar-refractivity contribution in [3.05, 3.63) is 47.6 Å². The van der Waals surface area contributed by atoms with Crippen LogP contribution < -0.4 is 5.32 Å². The highest BCUT2D eigenvalue weighted by molar-refractivity contribution is 5.18. The van der Waals surface area contributed by atoms with Gasteiger partial charge in [0.15, 0.2) is 5.82 Å². The zero-order valence-corrected chi connectivity index (χ0v) is 11.0. The molecule has 0 spiro atoms. The molecule has 0 bridgehead atoms. The zero-order valence-electron chi connectivity index (χ0n) is 11.0. The topological polar surface area (TPSA) is 71.2 Å². The van der Waals surface area contributed by atoms with Crippen molar-refractivity contribution in [2.24, 2.45) is 0 Å². The van der Waals surface area contributed by atoms with Crippen LogP contribution in [0.15, 0.2) is 34.9 Å². The van der Waals surface area contributed by atoms with E-state index >= 15 is 0 Å². The van der Waals surface area contributed by atoms with Gasteiger partial charge in [-0.05, 0) is 12.0 Å². The van der Waals surface area contributed by atoms with Crippen LogP contribution in [0.5, 0.6) is 0 Å². The molecule has 102 valence electrons. The van der Waals surface area contributed by atoms with Crippen LogP contribution in [0.3, 0.4) is 0 Å². The van der Waals surface area contributed by atoms with Gasteiger partial charge in [-0.3, -0.25) is 0 Å². The van der Waals surface area contributed by atoms with Crippen LogP contribution in [0.25, 0.3) is 0 Å². The summed E-state index contributed by atoms with van der Waals surface area (Å²) in [6.45, 7) is 2.62. The maximum Gasteiger partial charge on any atom is 0.240 e. The standard InChI is InChI=1S/C14H19N3O2/c1-2-12(10-18)15-9-14-16-13(17-19-14)8-11-6-4-3-5-7-11/h3-7,12,15,18H,2,8-10H2,1H3. The first-order valence-corrected chi connectivity index (χ1v) is 6.51. The second-order valence-corrected chi connectivity index (χ2v) is 4.44. The number of aliphatic hydroxyl groups is 1. The molecule has 1 atom stereocenters. The number of benzene rings is 1. The number of hydrogen-bond acceptors (Lipinski definition) is 5. The van der Waals surface area contributed by atoms with Crippen LogP contribution in [0.2, 0.25) is 0 Å². The summed E-state index contributed by atoms with van der Waals surface area (Å²) in [4.78, 5) is 4.32. The highest BCUT2D eigenvalue weighted by Gasteiger charge is 2.09. The van der Waals surface area contributed by atoms with E-state index in [4.69, 9.17) is 9.63 Å². The molecule has 0 aliphatic rings. The monoisotopic (exact) mass is 261 g/mol. The Labute approximate surface area is 112 Å². The lowest BCUT2D eigenvalue weighted by Gasteiger charge is -2.11. The van der Waals surface area contributed by atoms with Crippen molar-refractivity contribution < 1.29 is 9.63 Å². The maximum absolute atomic E-state index is 9.07. The molecule has 0 radical (unpaired) electrons. The van der Waals surface area contributed by atoms with Gasteiger partial charge < -0.3 is 14.9 Å². The van der Waals surface area contributed by atoms with Gasteiger partial charge in [-0.2, -0.15) is 4.98 Å². The summed E-state index contributed by atoms with van der Waals surface area (Å²) in [7, 11) is 0. The molecule has 5 nitrogen and oxygen atoms in total. The lowest BCUT2D eigenvalue weighted by molar-refractivity contribution is 0.232. The van der Waals surface area contributed by atoms with Crippen LogP contribution in [0.4, 0.5) is 0 Å². The summed E-state index contributed by atoms with van der Waals surface area (Å²) in [6.07, 6.45) is 1.53. The molecule has 0 saturated carbocycles. The van der Waals surface area contributed by atoms with Crippen molar-refractivity contribution in [2.75, 3.05) is 6.61 Å². The minimum absolute atomic E-state index is 0.0736. The van der Waals surface area contributed by atoms with Crippen molar-refractivity contribution in [3.63, 3.8) is 0 Å². The Balaban J connectivity index is 1.88. The minimum Gasteiger partial charge on any atom is -0.395 e. The fourth-order valence-corrected chi connectivity index (χ4v) is 1.78. The van der Waals surface area contributed by atoms with Crippen molar-refractivity contribution in [1.29, 1.82) is 0 Å². The molecule has 0 aliphatic heterocycles. The van der Waals surface area contributed by atoms with Gasteiger partial charge in [0.1, 0.15) is 0 Å². The number of nitrogens with zero attached hydrogens (tertiary/aromatic N) is 2. The van der Waals surface area contributed by atoms with Crippen molar-refractivity contribution in [2.45, 2.75) is 32.4 Å². The smallest absolute Gasteiger partial charge is 0.240 e. The lowest BCUT2D eigenvalue weighted by atomic mass is 10.1. The molecule has 0 fully saturated rings. The highest BCUT2D eigenvalue weighted by Crippen LogP contribution is 2.06. The quantitative estimate of drug-likeness (QED) is 0.790. The number of rotatable bonds is 7. The fourth-order valence-electron chi connectivity index (χ4n) is 1.78. The lowest BCUT2D eigenvalue weighted by Crippen LogP contribution is -2.31. The third kappa shape index (κ3) is 4.15. The molecule has 0 amide bonds. The molecule has 0 aliphatic carbocycles. The Morgan fingerprint density at radius 3 is 2.79 bits per heavy atom. The Kier molecular flexibility index (Phi) is 5.06. The molecule has 1 unspecified atom stereocenters. The molecule has 1 aromatic carbocycles. The Bertz CT molecular complexity index is 480.